The molecule has 0 saturated heterocycles. The maximum atomic E-state index is 12.6. The Kier molecular flexibility index (Phi) is 9.00. The van der Waals surface area contributed by atoms with Crippen molar-refractivity contribution in [2.24, 2.45) is 11.8 Å². The van der Waals surface area contributed by atoms with Gasteiger partial charge in [0.05, 0.1) is 12.1 Å². The highest BCUT2D eigenvalue weighted by atomic mass is 79.9. The fourth-order valence-electron chi connectivity index (χ4n) is 4.46. The Morgan fingerprint density at radius 1 is 1.03 bits per heavy atom. The normalized spacial score (nSPS) is 18.3. The lowest BCUT2D eigenvalue weighted by Crippen LogP contribution is -2.32. The second kappa shape index (κ2) is 12.2. The zero-order chi connectivity index (χ0) is 25.5. The van der Waals surface area contributed by atoms with Crippen molar-refractivity contribution in [1.29, 1.82) is 0 Å². The van der Waals surface area contributed by atoms with E-state index >= 15 is 0 Å². The lowest BCUT2D eigenvalue weighted by molar-refractivity contribution is 0.210. The third-order valence-corrected chi connectivity index (χ3v) is 8.45. The summed E-state index contributed by atoms with van der Waals surface area (Å²) in [6, 6.07) is 12.3. The van der Waals surface area contributed by atoms with Crippen LogP contribution >= 0.6 is 15.9 Å². The maximum absolute atomic E-state index is 12.6. The number of nitrogens with zero attached hydrogens (tertiary/aromatic N) is 2. The topological polar surface area (TPSA) is 125 Å². The largest absolute Gasteiger partial charge is 0.506 e. The number of sulfonamides is 1. The number of aromatic nitrogens is 2. The maximum Gasteiger partial charge on any atom is 0.244 e. The summed E-state index contributed by atoms with van der Waals surface area (Å²) in [5, 5.41) is 17.7. The third kappa shape index (κ3) is 6.84. The van der Waals surface area contributed by atoms with Crippen molar-refractivity contribution in [2.45, 2.75) is 30.6 Å². The molecule has 0 amide bonds. The van der Waals surface area contributed by atoms with Crippen molar-refractivity contribution in [2.75, 3.05) is 44.0 Å². The number of methoxy groups -OCH3 is 1. The van der Waals surface area contributed by atoms with E-state index in [0.29, 0.717) is 36.0 Å². The molecule has 0 spiro atoms. The van der Waals surface area contributed by atoms with E-state index in [4.69, 9.17) is 4.74 Å². The van der Waals surface area contributed by atoms with Crippen LogP contribution in [0.1, 0.15) is 25.7 Å². The first-order valence-corrected chi connectivity index (χ1v) is 14.3. The van der Waals surface area contributed by atoms with Gasteiger partial charge in [-0.05, 0) is 67.9 Å². The number of halogens is 1. The van der Waals surface area contributed by atoms with E-state index in [0.717, 1.165) is 48.9 Å². The van der Waals surface area contributed by atoms with Gasteiger partial charge < -0.3 is 20.5 Å². The van der Waals surface area contributed by atoms with Gasteiger partial charge in [0.2, 0.25) is 16.0 Å². The Labute approximate surface area is 220 Å². The number of hydrogen-bond donors (Lipinski definition) is 4. The van der Waals surface area contributed by atoms with Crippen LogP contribution in [0.3, 0.4) is 0 Å². The van der Waals surface area contributed by atoms with Crippen LogP contribution in [0.5, 0.6) is 5.75 Å². The molecule has 9 nitrogen and oxygen atoms in total. The summed E-state index contributed by atoms with van der Waals surface area (Å²) in [5.74, 6) is 1.85. The quantitative estimate of drug-likeness (QED) is 0.248. The van der Waals surface area contributed by atoms with Gasteiger partial charge in [0.15, 0.2) is 0 Å². The zero-order valence-electron chi connectivity index (χ0n) is 20.2. The Morgan fingerprint density at radius 3 is 2.47 bits per heavy atom. The van der Waals surface area contributed by atoms with Crippen molar-refractivity contribution in [3.63, 3.8) is 0 Å². The van der Waals surface area contributed by atoms with E-state index < -0.39 is 10.0 Å². The predicted molar refractivity (Wildman–Crippen MR) is 145 cm³/mol. The number of phenolic OH excluding ortho intramolecular Hbond substituents is 1. The molecule has 1 aromatic heterocycles. The number of rotatable bonds is 11. The number of nitrogens with one attached hydrogen (secondary N) is 3. The minimum atomic E-state index is -3.76. The first-order valence-electron chi connectivity index (χ1n) is 12.1. The van der Waals surface area contributed by atoms with E-state index in [-0.39, 0.29) is 16.6 Å². The molecule has 4 rings (SSSR count). The van der Waals surface area contributed by atoms with Gasteiger partial charge in [0.1, 0.15) is 16.5 Å². The number of para-hydroxylation sites is 1. The van der Waals surface area contributed by atoms with E-state index in [1.54, 1.807) is 13.2 Å². The van der Waals surface area contributed by atoms with Gasteiger partial charge in [0, 0.05) is 36.6 Å². The van der Waals surface area contributed by atoms with Crippen molar-refractivity contribution in [1.82, 2.24) is 14.7 Å². The first kappa shape index (κ1) is 26.6. The highest BCUT2D eigenvalue weighted by Gasteiger charge is 2.25. The molecule has 0 radical (unpaired) electrons. The monoisotopic (exact) mass is 577 g/mol. The standard InChI is InChI=1S/C25H32BrN5O4S/c1-35-13-12-27-24-20-4-2-3-5-21(20)30-25(31-24)28-15-17-6-8-18(9-7-17)16-29-36(33,34)23-11-10-19(26)14-22(23)32/h2-5,10-11,14,17-18,29,32H,6-9,12-13,15-16H2,1H3,(H2,27,28,30,31). The summed E-state index contributed by atoms with van der Waals surface area (Å²) < 4.78 is 33.7. The van der Waals surface area contributed by atoms with E-state index in [2.05, 4.69) is 41.3 Å². The van der Waals surface area contributed by atoms with Gasteiger partial charge in [-0.15, -0.1) is 0 Å². The first-order chi connectivity index (χ1) is 17.4. The van der Waals surface area contributed by atoms with Crippen molar-refractivity contribution in [3.8, 4) is 5.75 Å². The van der Waals surface area contributed by atoms with Crippen LogP contribution in [0.4, 0.5) is 11.8 Å². The highest BCUT2D eigenvalue weighted by molar-refractivity contribution is 9.10. The van der Waals surface area contributed by atoms with Crippen LogP contribution in [-0.2, 0) is 14.8 Å². The Bertz CT molecular complexity index is 1280. The van der Waals surface area contributed by atoms with Gasteiger partial charge in [-0.25, -0.2) is 18.1 Å². The van der Waals surface area contributed by atoms with Gasteiger partial charge in [-0.2, -0.15) is 4.98 Å². The lowest BCUT2D eigenvalue weighted by Gasteiger charge is -2.28. The molecule has 4 N–H and O–H groups in total. The summed E-state index contributed by atoms with van der Waals surface area (Å²) in [6.45, 7) is 2.38. The molecule has 1 saturated carbocycles. The molecule has 1 fully saturated rings. The molecule has 1 aliphatic rings. The molecular formula is C25H32BrN5O4S. The fraction of sp³-hybridized carbons (Fsp3) is 0.440. The average molecular weight is 579 g/mol. The smallest absolute Gasteiger partial charge is 0.244 e. The van der Waals surface area contributed by atoms with Gasteiger partial charge in [0.25, 0.3) is 0 Å². The van der Waals surface area contributed by atoms with E-state index in [1.165, 1.54) is 12.1 Å². The second-order valence-corrected chi connectivity index (χ2v) is 11.7. The molecule has 1 heterocycles. The molecule has 194 valence electrons. The van der Waals surface area contributed by atoms with Crippen molar-refractivity contribution in [3.05, 3.63) is 46.9 Å². The summed E-state index contributed by atoms with van der Waals surface area (Å²) in [6.07, 6.45) is 3.86. The Balaban J connectivity index is 1.28. The average Bonchev–Trinajstić information content (AvgIpc) is 2.87. The van der Waals surface area contributed by atoms with Crippen LogP contribution in [0.15, 0.2) is 51.8 Å². The van der Waals surface area contributed by atoms with E-state index in [9.17, 15) is 13.5 Å². The summed E-state index contributed by atoms with van der Waals surface area (Å²) >= 11 is 3.23. The third-order valence-electron chi connectivity index (χ3n) is 6.49. The van der Waals surface area contributed by atoms with Crippen LogP contribution in [0, 0.1) is 11.8 Å². The molecule has 1 aliphatic carbocycles. The van der Waals surface area contributed by atoms with Gasteiger partial charge >= 0.3 is 0 Å². The minimum absolute atomic E-state index is 0.102. The second-order valence-electron chi connectivity index (χ2n) is 9.06. The fourth-order valence-corrected chi connectivity index (χ4v) is 6.00. The van der Waals surface area contributed by atoms with Gasteiger partial charge in [-0.1, -0.05) is 28.1 Å². The van der Waals surface area contributed by atoms with Crippen molar-refractivity contribution < 1.29 is 18.3 Å². The molecule has 0 atom stereocenters. The Hall–Kier alpha value is -2.47. The molecule has 0 bridgehead atoms. The highest BCUT2D eigenvalue weighted by Crippen LogP contribution is 2.30. The van der Waals surface area contributed by atoms with Crippen LogP contribution < -0.4 is 15.4 Å². The molecule has 11 heteroatoms. The minimum Gasteiger partial charge on any atom is -0.506 e. The molecule has 3 aromatic rings. The number of aromatic hydroxyl groups is 1. The molecule has 0 aliphatic heterocycles. The molecule has 0 unspecified atom stereocenters. The van der Waals surface area contributed by atoms with Crippen molar-refractivity contribution >= 4 is 48.6 Å². The summed E-state index contributed by atoms with van der Waals surface area (Å²) in [7, 11) is -2.09. The number of benzene rings is 2. The zero-order valence-corrected chi connectivity index (χ0v) is 22.6. The van der Waals surface area contributed by atoms with Gasteiger partial charge in [-0.3, -0.25) is 0 Å². The van der Waals surface area contributed by atoms with Crippen LogP contribution in [0.2, 0.25) is 0 Å². The molecule has 2 aromatic carbocycles. The van der Waals surface area contributed by atoms with E-state index in [1.807, 2.05) is 24.3 Å². The number of anilines is 2. The number of phenols is 1. The SMILES string of the molecule is COCCNc1nc(NCC2CCC(CNS(=O)(=O)c3ccc(Br)cc3O)CC2)nc2ccccc12. The van der Waals surface area contributed by atoms with Crippen LogP contribution in [0.25, 0.3) is 10.9 Å². The molecule has 36 heavy (non-hydrogen) atoms. The predicted octanol–water partition coefficient (Wildman–Crippen LogP) is 4.35. The molecular weight excluding hydrogens is 546 g/mol. The lowest BCUT2D eigenvalue weighted by atomic mass is 9.82. The summed E-state index contributed by atoms with van der Waals surface area (Å²) in [5.41, 5.74) is 0.878. The number of hydrogen-bond acceptors (Lipinski definition) is 8. The number of ether oxygens (including phenoxy) is 1. The Morgan fingerprint density at radius 2 is 1.75 bits per heavy atom. The number of fused-ring (bicyclic) bond motifs is 1. The van der Waals surface area contributed by atoms with Crippen LogP contribution in [-0.4, -0.2) is 56.8 Å². The summed E-state index contributed by atoms with van der Waals surface area (Å²) in [4.78, 5) is 9.25.